The SMILES string of the molecule is COC1(c2ccc(/C=C/C(=O)OC(C)(C)C)c(OC3OC(CO)C(O)C(O)C3O)c2Cl)OOC12C1CC3CC(C1)CC2C3. The summed E-state index contributed by atoms with van der Waals surface area (Å²) in [6.07, 6.45) is 0.370. The van der Waals surface area contributed by atoms with Crippen molar-refractivity contribution >= 4 is 23.6 Å². The molecular formula is C31H41ClO11. The molecule has 238 valence electrons. The highest BCUT2D eigenvalue weighted by Gasteiger charge is 2.77. The first kappa shape index (κ1) is 31.2. The van der Waals surface area contributed by atoms with Gasteiger partial charge in [0.25, 0.3) is 5.79 Å². The summed E-state index contributed by atoms with van der Waals surface area (Å²) in [5, 5.41) is 41.1. The van der Waals surface area contributed by atoms with Crippen molar-refractivity contribution in [2.45, 2.75) is 101 Å². The van der Waals surface area contributed by atoms with E-state index < -0.39 is 60.3 Å². The second-order valence-electron chi connectivity index (χ2n) is 13.6. The van der Waals surface area contributed by atoms with Crippen LogP contribution in [-0.4, -0.2) is 82.0 Å². The molecule has 4 bridgehead atoms. The third-order valence-corrected chi connectivity index (χ3v) is 10.2. The summed E-state index contributed by atoms with van der Waals surface area (Å²) >= 11 is 7.12. The van der Waals surface area contributed by atoms with E-state index in [2.05, 4.69) is 0 Å². The molecule has 6 atom stereocenters. The van der Waals surface area contributed by atoms with E-state index in [0.717, 1.165) is 25.7 Å². The lowest BCUT2D eigenvalue weighted by Gasteiger charge is -2.68. The Kier molecular flexibility index (Phi) is 8.14. The fraction of sp³-hybridized carbons (Fsp3) is 0.710. The molecule has 2 aliphatic heterocycles. The van der Waals surface area contributed by atoms with E-state index in [-0.39, 0.29) is 22.6 Å². The number of esters is 1. The normalized spacial score (nSPS) is 41.9. The van der Waals surface area contributed by atoms with E-state index in [1.807, 2.05) is 0 Å². The molecule has 6 aliphatic rings. The third kappa shape index (κ3) is 5.01. The molecule has 0 amide bonds. The molecule has 2 saturated heterocycles. The molecule has 43 heavy (non-hydrogen) atoms. The highest BCUT2D eigenvalue weighted by molar-refractivity contribution is 6.33. The monoisotopic (exact) mass is 624 g/mol. The number of hydrogen-bond donors (Lipinski definition) is 4. The van der Waals surface area contributed by atoms with Gasteiger partial charge >= 0.3 is 5.97 Å². The number of aliphatic hydroxyl groups is 4. The van der Waals surface area contributed by atoms with Gasteiger partial charge in [-0.15, -0.1) is 0 Å². The fourth-order valence-electron chi connectivity index (χ4n) is 8.18. The van der Waals surface area contributed by atoms with Crippen LogP contribution in [0.4, 0.5) is 0 Å². The molecule has 1 aromatic rings. The van der Waals surface area contributed by atoms with E-state index in [0.29, 0.717) is 23.0 Å². The first-order chi connectivity index (χ1) is 20.3. The van der Waals surface area contributed by atoms with Crippen molar-refractivity contribution in [1.82, 2.24) is 0 Å². The van der Waals surface area contributed by atoms with Gasteiger partial charge in [-0.3, -0.25) is 0 Å². The summed E-state index contributed by atoms with van der Waals surface area (Å²) in [4.78, 5) is 24.5. The zero-order chi connectivity index (χ0) is 30.9. The van der Waals surface area contributed by atoms with Crippen LogP contribution >= 0.6 is 11.6 Å². The van der Waals surface area contributed by atoms with Crippen molar-refractivity contribution in [3.8, 4) is 5.75 Å². The molecule has 0 aromatic heterocycles. The lowest BCUT2D eigenvalue weighted by molar-refractivity contribution is -0.645. The quantitative estimate of drug-likeness (QED) is 0.201. The maximum absolute atomic E-state index is 12.5. The summed E-state index contributed by atoms with van der Waals surface area (Å²) in [5.74, 6) is -0.170. The summed E-state index contributed by atoms with van der Waals surface area (Å²) < 4.78 is 23.3. The molecule has 2 heterocycles. The highest BCUT2D eigenvalue weighted by Crippen LogP contribution is 2.70. The van der Waals surface area contributed by atoms with Gasteiger partial charge in [0, 0.05) is 24.3 Å². The van der Waals surface area contributed by atoms with Crippen molar-refractivity contribution in [2.75, 3.05) is 13.7 Å². The van der Waals surface area contributed by atoms with Crippen LogP contribution in [0.2, 0.25) is 5.02 Å². The first-order valence-electron chi connectivity index (χ1n) is 15.0. The lowest BCUT2D eigenvalue weighted by atomic mass is 9.47. The molecular weight excluding hydrogens is 584 g/mol. The van der Waals surface area contributed by atoms with Crippen LogP contribution in [0, 0.1) is 23.7 Å². The molecule has 7 rings (SSSR count). The van der Waals surface area contributed by atoms with E-state index in [4.69, 9.17) is 40.3 Å². The Hall–Kier alpha value is -1.80. The van der Waals surface area contributed by atoms with Crippen LogP contribution in [0.3, 0.4) is 0 Å². The van der Waals surface area contributed by atoms with Crippen molar-refractivity contribution in [3.05, 3.63) is 34.4 Å². The van der Waals surface area contributed by atoms with Crippen molar-refractivity contribution < 1.29 is 53.9 Å². The summed E-state index contributed by atoms with van der Waals surface area (Å²) in [6.45, 7) is 4.63. The summed E-state index contributed by atoms with van der Waals surface area (Å²) in [5.41, 5.74) is -0.669. The number of carbonyl (C=O) groups excluding carboxylic acids is 1. The smallest absolute Gasteiger partial charge is 0.331 e. The number of hydrogen-bond acceptors (Lipinski definition) is 11. The highest BCUT2D eigenvalue weighted by atomic mass is 35.5. The van der Waals surface area contributed by atoms with Crippen LogP contribution in [0.15, 0.2) is 18.2 Å². The Bertz CT molecular complexity index is 1230. The minimum atomic E-state index is -1.68. The Morgan fingerprint density at radius 2 is 1.67 bits per heavy atom. The predicted octanol–water partition coefficient (Wildman–Crippen LogP) is 2.83. The number of aliphatic hydroxyl groups excluding tert-OH is 4. The van der Waals surface area contributed by atoms with Crippen LogP contribution in [0.25, 0.3) is 6.08 Å². The molecule has 6 unspecified atom stereocenters. The minimum Gasteiger partial charge on any atom is -0.460 e. The third-order valence-electron chi connectivity index (χ3n) is 9.82. The number of rotatable bonds is 7. The van der Waals surface area contributed by atoms with E-state index in [9.17, 15) is 25.2 Å². The molecule has 12 heteroatoms. The maximum Gasteiger partial charge on any atom is 0.331 e. The molecule has 1 spiro atoms. The molecule has 11 nitrogen and oxygen atoms in total. The standard InChI is InChI=1S/C31H41ClO11/c1-29(2,3)41-22(34)8-6-17-5-7-20(23(32)27(17)40-28-26(37)25(36)24(35)21(14-33)39-28)31(38-4)30(42-43-31)18-10-15-9-16(12-18)13-19(30)11-15/h5-8,15-16,18-19,21,24-26,28,33,35-37H,9-14H2,1-4H3/b8-6+. The van der Waals surface area contributed by atoms with Gasteiger partial charge in [-0.1, -0.05) is 23.7 Å². The van der Waals surface area contributed by atoms with Crippen molar-refractivity contribution in [2.24, 2.45) is 23.7 Å². The molecule has 4 saturated carbocycles. The zero-order valence-corrected chi connectivity index (χ0v) is 25.5. The molecule has 6 fully saturated rings. The molecule has 0 radical (unpaired) electrons. The predicted molar refractivity (Wildman–Crippen MR) is 151 cm³/mol. The molecule has 4 aliphatic carbocycles. The Morgan fingerprint density at radius 1 is 1.02 bits per heavy atom. The van der Waals surface area contributed by atoms with Crippen molar-refractivity contribution in [1.29, 1.82) is 0 Å². The Balaban J connectivity index is 1.40. The fourth-order valence-corrected chi connectivity index (χ4v) is 8.52. The van der Waals surface area contributed by atoms with Gasteiger partial charge in [0.15, 0.2) is 5.60 Å². The molecule has 1 aromatic carbocycles. The molecule has 4 N–H and O–H groups in total. The van der Waals surface area contributed by atoms with E-state index in [1.165, 1.54) is 18.6 Å². The van der Waals surface area contributed by atoms with Crippen LogP contribution in [0.5, 0.6) is 5.75 Å². The average Bonchev–Trinajstić information content (AvgIpc) is 2.93. The van der Waals surface area contributed by atoms with Crippen LogP contribution < -0.4 is 4.74 Å². The van der Waals surface area contributed by atoms with Crippen LogP contribution in [-0.2, 0) is 34.6 Å². The number of ether oxygens (including phenoxy) is 4. The van der Waals surface area contributed by atoms with Gasteiger partial charge in [-0.2, -0.15) is 4.89 Å². The van der Waals surface area contributed by atoms with Gasteiger partial charge in [0.2, 0.25) is 6.29 Å². The van der Waals surface area contributed by atoms with Gasteiger partial charge < -0.3 is 39.4 Å². The second kappa shape index (κ2) is 11.2. The second-order valence-corrected chi connectivity index (χ2v) is 14.0. The Morgan fingerprint density at radius 3 is 2.21 bits per heavy atom. The largest absolute Gasteiger partial charge is 0.460 e. The van der Waals surface area contributed by atoms with Gasteiger partial charge in [-0.25, -0.2) is 9.68 Å². The number of halogens is 1. The summed E-state index contributed by atoms with van der Waals surface area (Å²) in [6, 6.07) is 3.42. The Labute approximate surface area is 255 Å². The van der Waals surface area contributed by atoms with Crippen molar-refractivity contribution in [3.63, 3.8) is 0 Å². The van der Waals surface area contributed by atoms with Crippen LogP contribution in [0.1, 0.15) is 64.0 Å². The van der Waals surface area contributed by atoms with E-state index >= 15 is 0 Å². The summed E-state index contributed by atoms with van der Waals surface area (Å²) in [7, 11) is 1.56. The number of carbonyl (C=O) groups is 1. The minimum absolute atomic E-state index is 0.00851. The van der Waals surface area contributed by atoms with Gasteiger partial charge in [0.05, 0.1) is 11.6 Å². The first-order valence-corrected chi connectivity index (χ1v) is 15.3. The average molecular weight is 625 g/mol. The van der Waals surface area contributed by atoms with Gasteiger partial charge in [0.1, 0.15) is 35.8 Å². The number of benzene rings is 1. The number of methoxy groups -OCH3 is 1. The topological polar surface area (TPSA) is 153 Å². The van der Waals surface area contributed by atoms with Gasteiger partial charge in [-0.05, 0) is 82.6 Å². The lowest BCUT2D eigenvalue weighted by Crippen LogP contribution is -2.76. The maximum atomic E-state index is 12.5. The zero-order valence-electron chi connectivity index (χ0n) is 24.8. The van der Waals surface area contributed by atoms with E-state index in [1.54, 1.807) is 40.0 Å².